The average Bonchev–Trinajstić information content (AvgIpc) is 2.39. The molecule has 1 aliphatic heterocycles. The molecule has 0 bridgehead atoms. The Morgan fingerprint density at radius 2 is 1.75 bits per heavy atom. The summed E-state index contributed by atoms with van der Waals surface area (Å²) in [5.41, 5.74) is 2.92. The maximum absolute atomic E-state index is 8.73. The van der Waals surface area contributed by atoms with Gasteiger partial charge in [-0.25, -0.2) is 0 Å². The van der Waals surface area contributed by atoms with Crippen LogP contribution in [0.5, 0.6) is 0 Å². The number of nitrogens with zero attached hydrogens (tertiary/aromatic N) is 2. The van der Waals surface area contributed by atoms with Crippen molar-refractivity contribution in [2.24, 2.45) is 0 Å². The highest BCUT2D eigenvalue weighted by Gasteiger charge is 2.12. The fourth-order valence-corrected chi connectivity index (χ4v) is 2.08. The van der Waals surface area contributed by atoms with Crippen molar-refractivity contribution in [3.8, 4) is 6.07 Å². The molecule has 1 heterocycles. The van der Waals surface area contributed by atoms with Gasteiger partial charge in [-0.05, 0) is 37.0 Å². The first-order chi connectivity index (χ1) is 7.81. The molecule has 2 nitrogen and oxygen atoms in total. The average molecular weight is 212 g/mol. The quantitative estimate of drug-likeness (QED) is 0.753. The van der Waals surface area contributed by atoms with Crippen molar-refractivity contribution in [1.82, 2.24) is 4.90 Å². The lowest BCUT2D eigenvalue weighted by atomic mass is 10.1. The van der Waals surface area contributed by atoms with Crippen LogP contribution in [0.4, 0.5) is 0 Å². The Morgan fingerprint density at radius 3 is 2.31 bits per heavy atom. The van der Waals surface area contributed by atoms with Crippen molar-refractivity contribution < 1.29 is 0 Å². The second-order valence-electron chi connectivity index (χ2n) is 4.18. The van der Waals surface area contributed by atoms with Gasteiger partial charge in [-0.2, -0.15) is 5.26 Å². The molecule has 1 saturated heterocycles. The maximum Gasteiger partial charge on any atom is 0.0991 e. The van der Waals surface area contributed by atoms with Crippen LogP contribution in [0.1, 0.15) is 30.4 Å². The van der Waals surface area contributed by atoms with Gasteiger partial charge >= 0.3 is 0 Å². The number of piperidine rings is 1. The fraction of sp³-hybridized carbons (Fsp3) is 0.357. The van der Waals surface area contributed by atoms with Crippen molar-refractivity contribution in [3.63, 3.8) is 0 Å². The van der Waals surface area contributed by atoms with Gasteiger partial charge in [0.1, 0.15) is 0 Å². The molecular weight excluding hydrogens is 196 g/mol. The summed E-state index contributed by atoms with van der Waals surface area (Å²) >= 11 is 0. The van der Waals surface area contributed by atoms with Crippen molar-refractivity contribution in [1.29, 1.82) is 5.26 Å². The Morgan fingerprint density at radius 1 is 1.12 bits per heavy atom. The maximum atomic E-state index is 8.73. The molecular formula is C14H16N2. The summed E-state index contributed by atoms with van der Waals surface area (Å²) in [6.45, 7) is 6.37. The highest BCUT2D eigenvalue weighted by molar-refractivity contribution is 5.62. The highest BCUT2D eigenvalue weighted by Crippen LogP contribution is 2.21. The van der Waals surface area contributed by atoms with Crippen LogP contribution in [-0.2, 0) is 0 Å². The van der Waals surface area contributed by atoms with Crippen molar-refractivity contribution >= 4 is 5.70 Å². The molecule has 0 unspecified atom stereocenters. The molecule has 0 atom stereocenters. The van der Waals surface area contributed by atoms with E-state index in [1.807, 2.05) is 24.3 Å². The van der Waals surface area contributed by atoms with Crippen LogP contribution < -0.4 is 0 Å². The molecule has 16 heavy (non-hydrogen) atoms. The summed E-state index contributed by atoms with van der Waals surface area (Å²) < 4.78 is 0. The molecule has 0 radical (unpaired) electrons. The molecule has 0 amide bonds. The first-order valence-corrected chi connectivity index (χ1v) is 5.75. The van der Waals surface area contributed by atoms with Gasteiger partial charge in [-0.15, -0.1) is 0 Å². The second-order valence-corrected chi connectivity index (χ2v) is 4.18. The second kappa shape index (κ2) is 4.85. The first-order valence-electron chi connectivity index (χ1n) is 5.75. The molecule has 1 fully saturated rings. The van der Waals surface area contributed by atoms with Crippen molar-refractivity contribution in [3.05, 3.63) is 42.0 Å². The summed E-state index contributed by atoms with van der Waals surface area (Å²) in [6.07, 6.45) is 3.85. The van der Waals surface area contributed by atoms with Gasteiger partial charge in [0.15, 0.2) is 0 Å². The lowest BCUT2D eigenvalue weighted by Gasteiger charge is -2.30. The normalized spacial score (nSPS) is 15.6. The number of hydrogen-bond acceptors (Lipinski definition) is 2. The van der Waals surface area contributed by atoms with Crippen LogP contribution >= 0.6 is 0 Å². The van der Waals surface area contributed by atoms with Gasteiger partial charge in [0.05, 0.1) is 11.6 Å². The summed E-state index contributed by atoms with van der Waals surface area (Å²) in [5, 5.41) is 8.73. The lowest BCUT2D eigenvalue weighted by Crippen LogP contribution is -2.27. The molecule has 0 aliphatic carbocycles. The fourth-order valence-electron chi connectivity index (χ4n) is 2.08. The number of rotatable bonds is 2. The Hall–Kier alpha value is -1.75. The zero-order valence-electron chi connectivity index (χ0n) is 9.45. The number of nitriles is 1. The topological polar surface area (TPSA) is 27.0 Å². The van der Waals surface area contributed by atoms with E-state index in [4.69, 9.17) is 5.26 Å². The molecule has 0 aromatic heterocycles. The Balaban J connectivity index is 2.11. The largest absolute Gasteiger partial charge is 0.372 e. The van der Waals surface area contributed by atoms with E-state index >= 15 is 0 Å². The predicted molar refractivity (Wildman–Crippen MR) is 65.6 cm³/mol. The molecule has 1 aliphatic rings. The smallest absolute Gasteiger partial charge is 0.0991 e. The van der Waals surface area contributed by atoms with Crippen LogP contribution in [0.3, 0.4) is 0 Å². The Labute approximate surface area is 96.8 Å². The van der Waals surface area contributed by atoms with Gasteiger partial charge in [0.2, 0.25) is 0 Å². The van der Waals surface area contributed by atoms with Crippen LogP contribution in [0.2, 0.25) is 0 Å². The Bertz CT molecular complexity index is 405. The monoisotopic (exact) mass is 212 g/mol. The number of hydrogen-bond donors (Lipinski definition) is 0. The predicted octanol–water partition coefficient (Wildman–Crippen LogP) is 3.01. The first kappa shape index (κ1) is 10.8. The standard InChI is InChI=1S/C14H16N2/c1-12(16-9-3-2-4-10-16)14-7-5-13(11-15)6-8-14/h5-8H,1-4,9-10H2. The van der Waals surface area contributed by atoms with Crippen molar-refractivity contribution in [2.75, 3.05) is 13.1 Å². The molecule has 2 heteroatoms. The van der Waals surface area contributed by atoms with E-state index in [9.17, 15) is 0 Å². The molecule has 0 spiro atoms. The van der Waals surface area contributed by atoms with E-state index in [1.165, 1.54) is 19.3 Å². The third-order valence-corrected chi connectivity index (χ3v) is 3.09. The minimum atomic E-state index is 0.704. The summed E-state index contributed by atoms with van der Waals surface area (Å²) in [5.74, 6) is 0. The van der Waals surface area contributed by atoms with Crippen molar-refractivity contribution in [2.45, 2.75) is 19.3 Å². The van der Waals surface area contributed by atoms with Crippen LogP contribution in [0.15, 0.2) is 30.8 Å². The summed E-state index contributed by atoms with van der Waals surface area (Å²) in [6, 6.07) is 9.80. The van der Waals surface area contributed by atoms with E-state index < -0.39 is 0 Å². The molecule has 0 saturated carbocycles. The number of likely N-dealkylation sites (tertiary alicyclic amines) is 1. The zero-order valence-corrected chi connectivity index (χ0v) is 9.45. The lowest BCUT2D eigenvalue weighted by molar-refractivity contribution is 0.326. The highest BCUT2D eigenvalue weighted by atomic mass is 15.1. The van der Waals surface area contributed by atoms with Gasteiger partial charge in [0, 0.05) is 18.8 Å². The van der Waals surface area contributed by atoms with E-state index in [2.05, 4.69) is 17.5 Å². The molecule has 1 aromatic carbocycles. The molecule has 2 rings (SSSR count). The van der Waals surface area contributed by atoms with Crippen LogP contribution in [-0.4, -0.2) is 18.0 Å². The Kier molecular flexibility index (Phi) is 3.26. The van der Waals surface area contributed by atoms with E-state index in [0.29, 0.717) is 5.56 Å². The molecule has 82 valence electrons. The van der Waals surface area contributed by atoms with E-state index in [-0.39, 0.29) is 0 Å². The minimum absolute atomic E-state index is 0.704. The van der Waals surface area contributed by atoms with Gasteiger partial charge < -0.3 is 4.90 Å². The van der Waals surface area contributed by atoms with Crippen LogP contribution in [0.25, 0.3) is 5.70 Å². The molecule has 1 aromatic rings. The third kappa shape index (κ3) is 2.25. The van der Waals surface area contributed by atoms with E-state index in [0.717, 1.165) is 24.4 Å². The summed E-state index contributed by atoms with van der Waals surface area (Å²) in [4.78, 5) is 2.34. The summed E-state index contributed by atoms with van der Waals surface area (Å²) in [7, 11) is 0. The third-order valence-electron chi connectivity index (χ3n) is 3.09. The molecule has 0 N–H and O–H groups in total. The van der Waals surface area contributed by atoms with Gasteiger partial charge in [0.25, 0.3) is 0 Å². The SMILES string of the molecule is C=C(c1ccc(C#N)cc1)N1CCCCC1. The number of benzene rings is 1. The minimum Gasteiger partial charge on any atom is -0.372 e. The zero-order chi connectivity index (χ0) is 11.4. The van der Waals surface area contributed by atoms with Gasteiger partial charge in [-0.1, -0.05) is 18.7 Å². The van der Waals surface area contributed by atoms with Crippen LogP contribution in [0, 0.1) is 11.3 Å². The van der Waals surface area contributed by atoms with Gasteiger partial charge in [-0.3, -0.25) is 0 Å². The van der Waals surface area contributed by atoms with E-state index in [1.54, 1.807) is 0 Å².